The number of aliphatic hydroxyl groups excluding tert-OH is 2. The second kappa shape index (κ2) is 15.6. The average molecular weight is 747 g/mol. The number of carbonyl (C=O) groups is 1. The number of methoxy groups -OCH3 is 1. The molecule has 0 aromatic carbocycles. The van der Waals surface area contributed by atoms with Crippen LogP contribution in [0.1, 0.15) is 97.8 Å². The molecule has 0 radical (unpaired) electrons. The number of ketones is 1. The Hall–Kier alpha value is -1.29. The van der Waals surface area contributed by atoms with Crippen molar-refractivity contribution in [1.82, 2.24) is 0 Å². The Morgan fingerprint density at radius 1 is 0.868 bits per heavy atom. The molecule has 9 saturated heterocycles. The Morgan fingerprint density at radius 3 is 2.42 bits per heavy atom. The highest BCUT2D eigenvalue weighted by Crippen LogP contribution is 2.54. The smallest absolute Gasteiger partial charge is 0.172 e. The van der Waals surface area contributed by atoms with E-state index in [0.717, 1.165) is 50.5 Å². The van der Waals surface area contributed by atoms with Crippen molar-refractivity contribution >= 4 is 5.78 Å². The summed E-state index contributed by atoms with van der Waals surface area (Å²) in [5.41, 5.74) is 2.34. The van der Waals surface area contributed by atoms with Gasteiger partial charge in [0.2, 0.25) is 0 Å². The first-order valence-electron chi connectivity index (χ1n) is 20.4. The minimum absolute atomic E-state index is 0.0364. The molecule has 0 aliphatic carbocycles. The molecule has 0 aromatic heterocycles. The van der Waals surface area contributed by atoms with Gasteiger partial charge in [-0.2, -0.15) is 0 Å². The van der Waals surface area contributed by atoms with Crippen molar-refractivity contribution in [2.24, 2.45) is 11.8 Å². The van der Waals surface area contributed by atoms with Crippen LogP contribution in [-0.2, 0) is 47.4 Å². The largest absolute Gasteiger partial charge is 0.394 e. The molecule has 9 aliphatic rings. The van der Waals surface area contributed by atoms with Crippen molar-refractivity contribution in [1.29, 1.82) is 0 Å². The summed E-state index contributed by atoms with van der Waals surface area (Å²) in [5.74, 6) is -0.380. The van der Waals surface area contributed by atoms with Crippen LogP contribution in [0.4, 0.5) is 0 Å². The SMILES string of the molecule is C=C1C[C@H](CC[C@@]23C[C@H]4O[C@H]5[C@@H](O2)[C@H]2O[C@@H](CC(=O)C[C@@H]6[C@@H](OC)[C@@H](C[C@H](O)CO)O[C@H]6C)CC[C@@H]2O[C@H]5[C@H]4O3)O[C@H]1CC[C@H]1C[C@@H](C)C(=C)[C@@H](C)O1. The van der Waals surface area contributed by atoms with Crippen LogP contribution in [0.15, 0.2) is 24.3 Å². The van der Waals surface area contributed by atoms with Crippen LogP contribution in [0.3, 0.4) is 0 Å². The maximum atomic E-state index is 13.5. The Labute approximate surface area is 314 Å². The summed E-state index contributed by atoms with van der Waals surface area (Å²) in [7, 11) is 1.60. The molecule has 9 fully saturated rings. The summed E-state index contributed by atoms with van der Waals surface area (Å²) in [5, 5.41) is 19.3. The fraction of sp³-hybridized carbons (Fsp3) is 0.878. The monoisotopic (exact) mass is 746 g/mol. The molecular formula is C41H62O12. The summed E-state index contributed by atoms with van der Waals surface area (Å²) in [6.07, 6.45) is 4.94. The topological polar surface area (TPSA) is 141 Å². The zero-order valence-electron chi connectivity index (χ0n) is 32.0. The Bertz CT molecular complexity index is 1340. The van der Waals surface area contributed by atoms with Crippen molar-refractivity contribution in [3.8, 4) is 0 Å². The normalized spacial score (nSPS) is 49.4. The van der Waals surface area contributed by atoms with E-state index >= 15 is 0 Å². The number of Topliss-reactive ketones (excluding diaryl/α,β-unsaturated/α-hetero) is 1. The molecule has 0 spiro atoms. The molecule has 12 heteroatoms. The summed E-state index contributed by atoms with van der Waals surface area (Å²) in [6, 6.07) is 0. The van der Waals surface area contributed by atoms with Crippen molar-refractivity contribution < 1.29 is 57.6 Å². The molecule has 9 heterocycles. The Balaban J connectivity index is 0.857. The number of hydrogen-bond donors (Lipinski definition) is 2. The molecule has 12 nitrogen and oxygen atoms in total. The summed E-state index contributed by atoms with van der Waals surface area (Å²) < 4.78 is 58.4. The highest BCUT2D eigenvalue weighted by Gasteiger charge is 2.68. The third kappa shape index (κ3) is 7.61. The lowest BCUT2D eigenvalue weighted by Gasteiger charge is -2.47. The van der Waals surface area contributed by atoms with E-state index < -0.39 is 11.9 Å². The minimum atomic E-state index is -0.892. The van der Waals surface area contributed by atoms with E-state index in [4.69, 9.17) is 42.6 Å². The first-order chi connectivity index (χ1) is 25.4. The Kier molecular flexibility index (Phi) is 11.3. The quantitative estimate of drug-likeness (QED) is 0.247. The summed E-state index contributed by atoms with van der Waals surface area (Å²) in [6.45, 7) is 14.5. The van der Waals surface area contributed by atoms with Gasteiger partial charge in [-0.15, -0.1) is 0 Å². The van der Waals surface area contributed by atoms with Crippen LogP contribution in [0.25, 0.3) is 0 Å². The second-order valence-electron chi connectivity index (χ2n) is 17.5. The highest BCUT2D eigenvalue weighted by molar-refractivity contribution is 5.79. The molecule has 0 unspecified atom stereocenters. The molecule has 9 rings (SSSR count). The van der Waals surface area contributed by atoms with E-state index in [1.165, 1.54) is 5.57 Å². The zero-order valence-corrected chi connectivity index (χ0v) is 32.0. The summed E-state index contributed by atoms with van der Waals surface area (Å²) in [4.78, 5) is 13.5. The fourth-order valence-corrected chi connectivity index (χ4v) is 10.9. The number of ether oxygens (including phenoxy) is 9. The standard InChI is InChI=1S/C41H62O12/c1-20-13-27(46-23(4)22(20)3)7-9-31-21(2)14-29(48-31)11-12-41-18-34-37(52-41)38-39(51-34)40(53-41)36-32(50-38)10-8-28(49-36)15-25(43)16-30-24(5)47-33(35(30)45-6)17-26(44)19-42/h20,23-24,26-40,42,44H,2-3,7-19H2,1,4-6H3/t20-,23-,24+,26+,27+,28-,29+,30+,31+,32+,33-,34-,35-,36+,37+,38+,39-,40+,41+/m1/s1. The van der Waals surface area contributed by atoms with E-state index in [0.29, 0.717) is 25.2 Å². The van der Waals surface area contributed by atoms with Gasteiger partial charge in [-0.25, -0.2) is 0 Å². The molecule has 19 atom stereocenters. The number of carbonyl (C=O) groups excluding carboxylic acids is 1. The van der Waals surface area contributed by atoms with Crippen LogP contribution in [-0.4, -0.2) is 133 Å². The van der Waals surface area contributed by atoms with Crippen LogP contribution >= 0.6 is 0 Å². The van der Waals surface area contributed by atoms with Gasteiger partial charge in [0, 0.05) is 45.1 Å². The third-order valence-corrected chi connectivity index (χ3v) is 13.8. The van der Waals surface area contributed by atoms with E-state index in [9.17, 15) is 15.0 Å². The minimum Gasteiger partial charge on any atom is -0.394 e. The predicted molar refractivity (Wildman–Crippen MR) is 191 cm³/mol. The lowest BCUT2D eigenvalue weighted by Crippen LogP contribution is -2.61. The molecule has 53 heavy (non-hydrogen) atoms. The Morgan fingerprint density at radius 2 is 1.64 bits per heavy atom. The maximum absolute atomic E-state index is 13.5. The van der Waals surface area contributed by atoms with Gasteiger partial charge in [0.1, 0.15) is 36.3 Å². The molecule has 9 aliphatic heterocycles. The van der Waals surface area contributed by atoms with E-state index in [1.807, 2.05) is 6.92 Å². The number of fused-ring (bicyclic) bond motifs is 1. The van der Waals surface area contributed by atoms with Crippen LogP contribution in [0.5, 0.6) is 0 Å². The van der Waals surface area contributed by atoms with Crippen LogP contribution in [0, 0.1) is 11.8 Å². The fourth-order valence-electron chi connectivity index (χ4n) is 10.9. The zero-order chi connectivity index (χ0) is 37.2. The van der Waals surface area contributed by atoms with Gasteiger partial charge in [-0.1, -0.05) is 20.1 Å². The molecule has 0 aromatic rings. The predicted octanol–water partition coefficient (Wildman–Crippen LogP) is 4.11. The van der Waals surface area contributed by atoms with Gasteiger partial charge in [-0.05, 0) is 75.9 Å². The van der Waals surface area contributed by atoms with Gasteiger partial charge < -0.3 is 52.8 Å². The van der Waals surface area contributed by atoms with Gasteiger partial charge in [0.15, 0.2) is 5.79 Å². The summed E-state index contributed by atoms with van der Waals surface area (Å²) >= 11 is 0. The molecule has 0 saturated carbocycles. The first-order valence-corrected chi connectivity index (χ1v) is 20.4. The second-order valence-corrected chi connectivity index (χ2v) is 17.5. The lowest BCUT2D eigenvalue weighted by molar-refractivity contribution is -0.292. The molecule has 298 valence electrons. The third-order valence-electron chi connectivity index (χ3n) is 13.8. The van der Waals surface area contributed by atoms with Gasteiger partial charge >= 0.3 is 0 Å². The number of hydrogen-bond acceptors (Lipinski definition) is 12. The molecule has 0 amide bonds. The van der Waals surface area contributed by atoms with E-state index in [2.05, 4.69) is 27.0 Å². The molecular weight excluding hydrogens is 684 g/mol. The first kappa shape index (κ1) is 38.6. The number of rotatable bonds is 14. The molecule has 2 N–H and O–H groups in total. The van der Waals surface area contributed by atoms with Gasteiger partial charge in [0.05, 0.1) is 73.8 Å². The van der Waals surface area contributed by atoms with Crippen LogP contribution in [0.2, 0.25) is 0 Å². The lowest BCUT2D eigenvalue weighted by atomic mass is 9.85. The van der Waals surface area contributed by atoms with E-state index in [1.54, 1.807) is 7.11 Å². The van der Waals surface area contributed by atoms with Crippen molar-refractivity contribution in [2.75, 3.05) is 13.7 Å². The van der Waals surface area contributed by atoms with Crippen molar-refractivity contribution in [2.45, 2.75) is 201 Å². The van der Waals surface area contributed by atoms with Gasteiger partial charge in [0.25, 0.3) is 0 Å². The average Bonchev–Trinajstić information content (AvgIpc) is 3.80. The van der Waals surface area contributed by atoms with Gasteiger partial charge in [-0.3, -0.25) is 4.79 Å². The highest BCUT2D eigenvalue weighted by atomic mass is 16.8. The van der Waals surface area contributed by atoms with Crippen LogP contribution < -0.4 is 0 Å². The van der Waals surface area contributed by atoms with E-state index in [-0.39, 0.29) is 123 Å². The van der Waals surface area contributed by atoms with Crippen molar-refractivity contribution in [3.05, 3.63) is 24.3 Å². The maximum Gasteiger partial charge on any atom is 0.172 e. The molecule has 6 bridgehead atoms. The number of aliphatic hydroxyl groups is 2. The van der Waals surface area contributed by atoms with Crippen molar-refractivity contribution in [3.63, 3.8) is 0 Å².